The van der Waals surface area contributed by atoms with Gasteiger partial charge in [-0.25, -0.2) is 4.98 Å². The second-order valence-corrected chi connectivity index (χ2v) is 6.02. The summed E-state index contributed by atoms with van der Waals surface area (Å²) in [5, 5.41) is 0. The van der Waals surface area contributed by atoms with E-state index in [-0.39, 0.29) is 0 Å². The summed E-state index contributed by atoms with van der Waals surface area (Å²) in [6.07, 6.45) is 0. The Morgan fingerprint density at radius 3 is 2.62 bits per heavy atom. The molecule has 3 rings (SSSR count). The molecule has 0 aliphatic rings. The lowest BCUT2D eigenvalue weighted by Gasteiger charge is -2.12. The summed E-state index contributed by atoms with van der Waals surface area (Å²) in [6, 6.07) is 14.5. The van der Waals surface area contributed by atoms with Crippen molar-refractivity contribution in [3.05, 3.63) is 48.0 Å². The number of nitrogens with two attached hydrogens (primary N) is 1. The smallest absolute Gasteiger partial charge is 0.141 e. The van der Waals surface area contributed by atoms with Gasteiger partial charge in [0.15, 0.2) is 0 Å². The lowest BCUT2D eigenvalue weighted by Crippen LogP contribution is -2.06. The molecule has 0 aliphatic heterocycles. The van der Waals surface area contributed by atoms with Gasteiger partial charge in [-0.1, -0.05) is 43.7 Å². The molecule has 3 aromatic rings. The molecule has 1 heterocycles. The topological polar surface area (TPSA) is 43.8 Å². The SMILES string of the molecule is Cc1cccc(-c2nc3c(N)cccc3n2CC(C)C)c1. The molecule has 0 amide bonds. The molecular formula is C18H21N3. The molecule has 0 saturated heterocycles. The Kier molecular flexibility index (Phi) is 3.42. The van der Waals surface area contributed by atoms with Gasteiger partial charge in [-0.3, -0.25) is 0 Å². The van der Waals surface area contributed by atoms with Crippen LogP contribution in [0.5, 0.6) is 0 Å². The van der Waals surface area contributed by atoms with Gasteiger partial charge in [0.1, 0.15) is 11.3 Å². The zero-order chi connectivity index (χ0) is 15.0. The number of imidazole rings is 1. The van der Waals surface area contributed by atoms with Crippen LogP contribution in [0.4, 0.5) is 5.69 Å². The number of fused-ring (bicyclic) bond motifs is 1. The quantitative estimate of drug-likeness (QED) is 0.728. The Hall–Kier alpha value is -2.29. The normalized spacial score (nSPS) is 11.4. The number of nitrogen functional groups attached to an aromatic ring is 1. The minimum Gasteiger partial charge on any atom is -0.397 e. The van der Waals surface area contributed by atoms with E-state index in [4.69, 9.17) is 10.7 Å². The summed E-state index contributed by atoms with van der Waals surface area (Å²) >= 11 is 0. The van der Waals surface area contributed by atoms with Crippen LogP contribution in [0.25, 0.3) is 22.4 Å². The summed E-state index contributed by atoms with van der Waals surface area (Å²) in [4.78, 5) is 4.81. The van der Waals surface area contributed by atoms with Crippen LogP contribution < -0.4 is 5.73 Å². The summed E-state index contributed by atoms with van der Waals surface area (Å²) in [5.74, 6) is 1.55. The Morgan fingerprint density at radius 1 is 1.14 bits per heavy atom. The van der Waals surface area contributed by atoms with Gasteiger partial charge < -0.3 is 10.3 Å². The molecule has 0 saturated carbocycles. The van der Waals surface area contributed by atoms with Crippen LogP contribution in [0.1, 0.15) is 19.4 Å². The van der Waals surface area contributed by atoms with Crippen molar-refractivity contribution in [2.45, 2.75) is 27.3 Å². The third-order valence-electron chi connectivity index (χ3n) is 3.63. The number of nitrogens with zero attached hydrogens (tertiary/aromatic N) is 2. The van der Waals surface area contributed by atoms with Crippen molar-refractivity contribution in [3.8, 4) is 11.4 Å². The number of hydrogen-bond donors (Lipinski definition) is 1. The number of aryl methyl sites for hydroxylation is 1. The molecule has 3 heteroatoms. The van der Waals surface area contributed by atoms with Crippen LogP contribution in [0.15, 0.2) is 42.5 Å². The van der Waals surface area contributed by atoms with Gasteiger partial charge >= 0.3 is 0 Å². The van der Waals surface area contributed by atoms with Crippen molar-refractivity contribution < 1.29 is 0 Å². The Bertz CT molecular complexity index is 784. The zero-order valence-electron chi connectivity index (χ0n) is 12.8. The number of rotatable bonds is 3. The number of hydrogen-bond acceptors (Lipinski definition) is 2. The van der Waals surface area contributed by atoms with Gasteiger partial charge in [-0.05, 0) is 31.0 Å². The van der Waals surface area contributed by atoms with Crippen molar-refractivity contribution in [1.29, 1.82) is 0 Å². The molecular weight excluding hydrogens is 258 g/mol. The number of para-hydroxylation sites is 1. The highest BCUT2D eigenvalue weighted by molar-refractivity contribution is 5.90. The zero-order valence-corrected chi connectivity index (χ0v) is 12.8. The van der Waals surface area contributed by atoms with E-state index in [1.54, 1.807) is 0 Å². The van der Waals surface area contributed by atoms with Crippen LogP contribution in [0.3, 0.4) is 0 Å². The maximum absolute atomic E-state index is 6.10. The predicted octanol–water partition coefficient (Wildman–Crippen LogP) is 4.25. The summed E-state index contributed by atoms with van der Waals surface area (Å²) < 4.78 is 2.28. The molecule has 1 aromatic heterocycles. The van der Waals surface area contributed by atoms with Crippen molar-refractivity contribution in [2.24, 2.45) is 5.92 Å². The van der Waals surface area contributed by atoms with Gasteiger partial charge in [0.25, 0.3) is 0 Å². The third kappa shape index (κ3) is 2.51. The number of aromatic nitrogens is 2. The minimum absolute atomic E-state index is 0.549. The third-order valence-corrected chi connectivity index (χ3v) is 3.63. The van der Waals surface area contributed by atoms with E-state index in [0.717, 1.165) is 34.7 Å². The fraction of sp³-hybridized carbons (Fsp3) is 0.278. The lowest BCUT2D eigenvalue weighted by atomic mass is 10.1. The average Bonchev–Trinajstić information content (AvgIpc) is 2.79. The Labute approximate surface area is 125 Å². The first-order chi connectivity index (χ1) is 10.1. The number of benzene rings is 2. The molecule has 0 radical (unpaired) electrons. The first-order valence-corrected chi connectivity index (χ1v) is 7.38. The van der Waals surface area contributed by atoms with E-state index in [1.807, 2.05) is 12.1 Å². The maximum atomic E-state index is 6.10. The molecule has 0 unspecified atom stereocenters. The van der Waals surface area contributed by atoms with E-state index in [1.165, 1.54) is 5.56 Å². The van der Waals surface area contributed by atoms with Crippen molar-refractivity contribution in [1.82, 2.24) is 9.55 Å². The van der Waals surface area contributed by atoms with Gasteiger partial charge in [0.2, 0.25) is 0 Å². The molecule has 21 heavy (non-hydrogen) atoms. The molecule has 0 bridgehead atoms. The molecule has 2 N–H and O–H groups in total. The maximum Gasteiger partial charge on any atom is 0.141 e. The first-order valence-electron chi connectivity index (χ1n) is 7.38. The molecule has 3 nitrogen and oxygen atoms in total. The van der Waals surface area contributed by atoms with Crippen molar-refractivity contribution in [2.75, 3.05) is 5.73 Å². The average molecular weight is 279 g/mol. The van der Waals surface area contributed by atoms with E-state index in [0.29, 0.717) is 5.92 Å². The van der Waals surface area contributed by atoms with E-state index >= 15 is 0 Å². The summed E-state index contributed by atoms with van der Waals surface area (Å²) in [7, 11) is 0. The van der Waals surface area contributed by atoms with Crippen LogP contribution in [0, 0.1) is 12.8 Å². The van der Waals surface area contributed by atoms with Crippen molar-refractivity contribution >= 4 is 16.7 Å². The van der Waals surface area contributed by atoms with E-state index in [9.17, 15) is 0 Å². The van der Waals surface area contributed by atoms with Crippen LogP contribution >= 0.6 is 0 Å². The largest absolute Gasteiger partial charge is 0.397 e. The Balaban J connectivity index is 2.28. The van der Waals surface area contributed by atoms with E-state index in [2.05, 4.69) is 55.7 Å². The van der Waals surface area contributed by atoms with Crippen LogP contribution in [-0.2, 0) is 6.54 Å². The van der Waals surface area contributed by atoms with Crippen molar-refractivity contribution in [3.63, 3.8) is 0 Å². The van der Waals surface area contributed by atoms with Gasteiger partial charge in [-0.2, -0.15) is 0 Å². The van der Waals surface area contributed by atoms with E-state index < -0.39 is 0 Å². The first kappa shape index (κ1) is 13.7. The molecule has 0 spiro atoms. The number of anilines is 1. The van der Waals surface area contributed by atoms with Gasteiger partial charge in [-0.15, -0.1) is 0 Å². The minimum atomic E-state index is 0.549. The highest BCUT2D eigenvalue weighted by atomic mass is 15.1. The lowest BCUT2D eigenvalue weighted by molar-refractivity contribution is 0.536. The highest BCUT2D eigenvalue weighted by Crippen LogP contribution is 2.29. The predicted molar refractivity (Wildman–Crippen MR) is 89.2 cm³/mol. The summed E-state index contributed by atoms with van der Waals surface area (Å²) in [6.45, 7) is 7.48. The molecule has 0 fully saturated rings. The monoisotopic (exact) mass is 279 g/mol. The fourth-order valence-corrected chi connectivity index (χ4v) is 2.72. The fourth-order valence-electron chi connectivity index (χ4n) is 2.72. The standard InChI is InChI=1S/C18H21N3/c1-12(2)11-21-16-9-5-8-15(19)17(16)20-18(21)14-7-4-6-13(3)10-14/h4-10,12H,11,19H2,1-3H3. The summed E-state index contributed by atoms with van der Waals surface area (Å²) in [5.41, 5.74) is 11.2. The molecule has 0 atom stereocenters. The molecule has 2 aromatic carbocycles. The molecule has 0 aliphatic carbocycles. The van der Waals surface area contributed by atoms with Gasteiger partial charge in [0.05, 0.1) is 11.2 Å². The van der Waals surface area contributed by atoms with Crippen LogP contribution in [0.2, 0.25) is 0 Å². The highest BCUT2D eigenvalue weighted by Gasteiger charge is 2.15. The van der Waals surface area contributed by atoms with Gasteiger partial charge in [0, 0.05) is 12.1 Å². The van der Waals surface area contributed by atoms with Crippen LogP contribution in [-0.4, -0.2) is 9.55 Å². The second-order valence-electron chi connectivity index (χ2n) is 6.02. The Morgan fingerprint density at radius 2 is 1.90 bits per heavy atom. The molecule has 108 valence electrons. The second kappa shape index (κ2) is 5.24.